The van der Waals surface area contributed by atoms with Gasteiger partial charge in [-0.05, 0) is 29.8 Å². The van der Waals surface area contributed by atoms with E-state index in [1.165, 1.54) is 28.6 Å². The van der Waals surface area contributed by atoms with Crippen LogP contribution in [0.4, 0.5) is 0 Å². The monoisotopic (exact) mass is 416 g/mol. The molecule has 0 aliphatic carbocycles. The highest BCUT2D eigenvalue weighted by Crippen LogP contribution is 2.30. The Labute approximate surface area is 160 Å². The molecule has 0 amide bonds. The van der Waals surface area contributed by atoms with Crippen molar-refractivity contribution in [2.24, 2.45) is 5.73 Å². The van der Waals surface area contributed by atoms with Gasteiger partial charge < -0.3 is 5.73 Å². The molecule has 2 aromatic carbocycles. The predicted molar refractivity (Wildman–Crippen MR) is 103 cm³/mol. The van der Waals surface area contributed by atoms with Crippen molar-refractivity contribution in [1.82, 2.24) is 4.31 Å². The van der Waals surface area contributed by atoms with Crippen LogP contribution in [0.5, 0.6) is 0 Å². The molecule has 3 rings (SSSR count). The van der Waals surface area contributed by atoms with Crippen molar-refractivity contribution in [3.8, 4) is 0 Å². The lowest BCUT2D eigenvalue weighted by Crippen LogP contribution is -2.32. The van der Waals surface area contributed by atoms with Crippen LogP contribution in [0.15, 0.2) is 64.4 Å². The van der Waals surface area contributed by atoms with Gasteiger partial charge in [0.15, 0.2) is 9.84 Å². The standard InChI is InChI=1S/C17H20N2O4S2.ClH/c1-24(20,21)14-7-9-15(10-8-14)25(22,23)19-11-16(17(18)12-19)13-5-3-2-4-6-13;/h2-10,16-17H,11-12,18H2,1H3;1H/t16-,17+;/m0./s1. The van der Waals surface area contributed by atoms with Gasteiger partial charge in [0.2, 0.25) is 10.0 Å². The second-order valence-electron chi connectivity index (χ2n) is 6.25. The van der Waals surface area contributed by atoms with Crippen molar-refractivity contribution in [1.29, 1.82) is 0 Å². The molecule has 0 saturated carbocycles. The topological polar surface area (TPSA) is 97.5 Å². The van der Waals surface area contributed by atoms with Crippen LogP contribution in [0.1, 0.15) is 11.5 Å². The summed E-state index contributed by atoms with van der Waals surface area (Å²) in [6.45, 7) is 0.539. The number of nitrogens with zero attached hydrogens (tertiary/aromatic N) is 1. The van der Waals surface area contributed by atoms with Crippen molar-refractivity contribution in [2.75, 3.05) is 19.3 Å². The Kier molecular flexibility index (Phi) is 6.14. The Morgan fingerprint density at radius 1 is 0.885 bits per heavy atom. The van der Waals surface area contributed by atoms with Crippen molar-refractivity contribution in [3.63, 3.8) is 0 Å². The number of rotatable bonds is 4. The molecule has 1 saturated heterocycles. The molecule has 142 valence electrons. The van der Waals surface area contributed by atoms with Gasteiger partial charge in [-0.25, -0.2) is 16.8 Å². The quantitative estimate of drug-likeness (QED) is 0.816. The van der Waals surface area contributed by atoms with E-state index in [0.717, 1.165) is 11.8 Å². The summed E-state index contributed by atoms with van der Waals surface area (Å²) in [5.41, 5.74) is 7.19. The number of halogens is 1. The van der Waals surface area contributed by atoms with E-state index in [2.05, 4.69) is 0 Å². The lowest BCUT2D eigenvalue weighted by molar-refractivity contribution is 0.470. The average molecular weight is 417 g/mol. The molecule has 1 heterocycles. The summed E-state index contributed by atoms with van der Waals surface area (Å²) in [6.07, 6.45) is 1.08. The van der Waals surface area contributed by atoms with Crippen LogP contribution >= 0.6 is 12.4 Å². The minimum absolute atomic E-state index is 0. The molecule has 0 radical (unpaired) electrons. The van der Waals surface area contributed by atoms with Crippen molar-refractivity contribution < 1.29 is 16.8 Å². The van der Waals surface area contributed by atoms with Crippen molar-refractivity contribution in [2.45, 2.75) is 21.8 Å². The maximum Gasteiger partial charge on any atom is 0.243 e. The minimum Gasteiger partial charge on any atom is -0.326 e. The molecule has 2 atom stereocenters. The molecule has 6 nitrogen and oxygen atoms in total. The van der Waals surface area contributed by atoms with Crippen LogP contribution in [0.3, 0.4) is 0 Å². The molecule has 2 aromatic rings. The maximum absolute atomic E-state index is 12.8. The number of benzene rings is 2. The predicted octanol–water partition coefficient (Wildman–Crippen LogP) is 1.63. The molecule has 26 heavy (non-hydrogen) atoms. The van der Waals surface area contributed by atoms with E-state index in [-0.39, 0.29) is 40.7 Å². The van der Waals surface area contributed by atoms with Gasteiger partial charge in [-0.3, -0.25) is 0 Å². The molecule has 1 aliphatic rings. The number of hydrogen-bond acceptors (Lipinski definition) is 5. The molecular weight excluding hydrogens is 396 g/mol. The minimum atomic E-state index is -3.72. The van der Waals surface area contributed by atoms with Gasteiger partial charge in [0, 0.05) is 31.3 Å². The Morgan fingerprint density at radius 3 is 1.96 bits per heavy atom. The SMILES string of the molecule is CS(=O)(=O)c1ccc(S(=O)(=O)N2C[C@@H](N)[C@H](c3ccccc3)C2)cc1.Cl. The molecule has 9 heteroatoms. The van der Waals surface area contributed by atoms with Gasteiger partial charge in [0.05, 0.1) is 9.79 Å². The average Bonchev–Trinajstić information content (AvgIpc) is 2.98. The first-order valence-corrected chi connectivity index (χ1v) is 11.1. The zero-order valence-corrected chi connectivity index (χ0v) is 16.6. The zero-order valence-electron chi connectivity index (χ0n) is 14.1. The number of hydrogen-bond donors (Lipinski definition) is 1. The van der Waals surface area contributed by atoms with E-state index in [1.807, 2.05) is 30.3 Å². The van der Waals surface area contributed by atoms with Gasteiger partial charge in [-0.1, -0.05) is 30.3 Å². The summed E-state index contributed by atoms with van der Waals surface area (Å²) in [7, 11) is -7.08. The molecule has 1 fully saturated rings. The summed E-state index contributed by atoms with van der Waals surface area (Å²) >= 11 is 0. The molecule has 0 spiro atoms. The summed E-state index contributed by atoms with van der Waals surface area (Å²) in [6, 6.07) is 14.6. The van der Waals surface area contributed by atoms with Gasteiger partial charge in [-0.2, -0.15) is 4.31 Å². The fourth-order valence-corrected chi connectivity index (χ4v) is 5.18. The number of sulfonamides is 1. The van der Waals surface area contributed by atoms with Crippen LogP contribution in [-0.4, -0.2) is 46.5 Å². The van der Waals surface area contributed by atoms with Crippen LogP contribution in [0.25, 0.3) is 0 Å². The third kappa shape index (κ3) is 4.10. The highest BCUT2D eigenvalue weighted by Gasteiger charge is 2.38. The molecule has 2 N–H and O–H groups in total. The molecule has 0 unspecified atom stereocenters. The lowest BCUT2D eigenvalue weighted by Gasteiger charge is -2.17. The molecule has 0 aromatic heterocycles. The number of sulfone groups is 1. The molecule has 1 aliphatic heterocycles. The second kappa shape index (κ2) is 7.66. The third-order valence-electron chi connectivity index (χ3n) is 4.45. The summed E-state index contributed by atoms with van der Waals surface area (Å²) in [4.78, 5) is 0.160. The maximum atomic E-state index is 12.8. The summed E-state index contributed by atoms with van der Waals surface area (Å²) in [5, 5.41) is 0. The lowest BCUT2D eigenvalue weighted by atomic mass is 9.95. The Hall–Kier alpha value is -1.45. The van der Waals surface area contributed by atoms with Crippen LogP contribution in [0, 0.1) is 0 Å². The van der Waals surface area contributed by atoms with E-state index in [4.69, 9.17) is 5.73 Å². The van der Waals surface area contributed by atoms with E-state index in [9.17, 15) is 16.8 Å². The highest BCUT2D eigenvalue weighted by molar-refractivity contribution is 7.90. The van der Waals surface area contributed by atoms with E-state index < -0.39 is 19.9 Å². The largest absolute Gasteiger partial charge is 0.326 e. The molecule has 0 bridgehead atoms. The van der Waals surface area contributed by atoms with Crippen molar-refractivity contribution in [3.05, 3.63) is 60.2 Å². The fourth-order valence-electron chi connectivity index (χ4n) is 3.05. The summed E-state index contributed by atoms with van der Waals surface area (Å²) < 4.78 is 50.1. The van der Waals surface area contributed by atoms with Crippen molar-refractivity contribution >= 4 is 32.3 Å². The first kappa shape index (κ1) is 20.9. The Balaban J connectivity index is 0.00000243. The van der Waals surface area contributed by atoms with Gasteiger partial charge >= 0.3 is 0 Å². The van der Waals surface area contributed by atoms with E-state index in [1.54, 1.807) is 0 Å². The normalized spacial score (nSPS) is 21.3. The van der Waals surface area contributed by atoms with E-state index in [0.29, 0.717) is 6.54 Å². The Bertz CT molecular complexity index is 962. The van der Waals surface area contributed by atoms with Crippen LogP contribution in [0.2, 0.25) is 0 Å². The summed E-state index contributed by atoms with van der Waals surface area (Å²) in [5.74, 6) is -0.0636. The van der Waals surface area contributed by atoms with Gasteiger partial charge in [0.25, 0.3) is 0 Å². The second-order valence-corrected chi connectivity index (χ2v) is 10.2. The van der Waals surface area contributed by atoms with Crippen LogP contribution in [-0.2, 0) is 19.9 Å². The third-order valence-corrected chi connectivity index (χ3v) is 7.42. The highest BCUT2D eigenvalue weighted by atomic mass is 35.5. The zero-order chi connectivity index (χ0) is 18.2. The molecular formula is C17H21ClN2O4S2. The fraction of sp³-hybridized carbons (Fsp3) is 0.294. The first-order valence-electron chi connectivity index (χ1n) is 7.80. The smallest absolute Gasteiger partial charge is 0.243 e. The van der Waals surface area contributed by atoms with Gasteiger partial charge in [-0.15, -0.1) is 12.4 Å². The van der Waals surface area contributed by atoms with Gasteiger partial charge in [0.1, 0.15) is 0 Å². The first-order chi connectivity index (χ1) is 11.7. The number of nitrogens with two attached hydrogens (primary N) is 1. The van der Waals surface area contributed by atoms with E-state index >= 15 is 0 Å². The van der Waals surface area contributed by atoms with Crippen LogP contribution < -0.4 is 5.73 Å². The Morgan fingerprint density at radius 2 is 1.42 bits per heavy atom.